The highest BCUT2D eigenvalue weighted by Crippen LogP contribution is 2.33. The van der Waals surface area contributed by atoms with Crippen LogP contribution in [-0.2, 0) is 80.9 Å². The third-order valence-corrected chi connectivity index (χ3v) is 5.86. The van der Waals surface area contributed by atoms with Gasteiger partial charge in [-0.05, 0) is 0 Å². The van der Waals surface area contributed by atoms with Gasteiger partial charge in [0.15, 0.2) is 42.9 Å². The number of rotatable bonds is 11. The Morgan fingerprint density at radius 2 is 0.841 bits per heavy atom. The van der Waals surface area contributed by atoms with Crippen molar-refractivity contribution in [1.29, 1.82) is 0 Å². The zero-order valence-corrected chi connectivity index (χ0v) is 25.0. The van der Waals surface area contributed by atoms with Crippen LogP contribution in [0.1, 0.15) is 48.5 Å². The molecule has 0 aromatic rings. The number of hydrogen-bond donors (Lipinski definition) is 0. The van der Waals surface area contributed by atoms with Crippen LogP contribution in [-0.4, -0.2) is 116 Å². The number of carbonyl (C=O) groups excluding carboxylic acids is 7. The molecule has 0 spiro atoms. The van der Waals surface area contributed by atoms with Gasteiger partial charge in [-0.3, -0.25) is 33.6 Å². The van der Waals surface area contributed by atoms with Crippen molar-refractivity contribution >= 4 is 41.8 Å². The maximum absolute atomic E-state index is 15.2. The van der Waals surface area contributed by atoms with Crippen molar-refractivity contribution in [1.82, 2.24) is 0 Å². The molecule has 2 rings (SSSR count). The van der Waals surface area contributed by atoms with Crippen LogP contribution < -0.4 is 0 Å². The van der Waals surface area contributed by atoms with Gasteiger partial charge in [-0.25, -0.2) is 4.39 Å². The van der Waals surface area contributed by atoms with Crippen molar-refractivity contribution < 1.29 is 85.3 Å². The Kier molecular flexibility index (Phi) is 13.4. The monoisotopic (exact) mass is 638 g/mol. The van der Waals surface area contributed by atoms with Crippen LogP contribution in [0, 0.1) is 0 Å². The summed E-state index contributed by atoms with van der Waals surface area (Å²) in [4.78, 5) is 82.9. The second-order valence-electron chi connectivity index (χ2n) is 9.65. The molecule has 17 nitrogen and oxygen atoms in total. The topological polar surface area (TPSA) is 212 Å². The standard InChI is InChI=1S/C26H35FO17/c1-10(28)35-8-18-20(38-12(3)30)22(40-14(5)32)24(42-16(7)34)26(44-18)36-9-17-19(37-11(2)29)21(39-13(4)31)23(25(27)43-17)41-15(6)33/h17-26H,8-9H2,1-7H3/t17-,18-,19-,20-,21+,22+,23-,24-,25+,26+/m1/s1. The fraction of sp³-hybridized carbons (Fsp3) is 0.731. The van der Waals surface area contributed by atoms with E-state index in [1.807, 2.05) is 0 Å². The molecule has 0 unspecified atom stereocenters. The van der Waals surface area contributed by atoms with Crippen molar-refractivity contribution in [2.75, 3.05) is 13.2 Å². The van der Waals surface area contributed by atoms with Gasteiger partial charge >= 0.3 is 41.8 Å². The highest BCUT2D eigenvalue weighted by molar-refractivity contribution is 5.69. The van der Waals surface area contributed by atoms with E-state index in [1.165, 1.54) is 0 Å². The van der Waals surface area contributed by atoms with E-state index in [4.69, 9.17) is 47.4 Å². The number of esters is 7. The van der Waals surface area contributed by atoms with Crippen molar-refractivity contribution in [3.05, 3.63) is 0 Å². The second-order valence-corrected chi connectivity index (χ2v) is 9.65. The van der Waals surface area contributed by atoms with Crippen LogP contribution in [0.4, 0.5) is 4.39 Å². The van der Waals surface area contributed by atoms with Crippen LogP contribution >= 0.6 is 0 Å². The quantitative estimate of drug-likeness (QED) is 0.207. The molecule has 44 heavy (non-hydrogen) atoms. The van der Waals surface area contributed by atoms with Gasteiger partial charge in [0, 0.05) is 48.5 Å². The molecule has 18 heteroatoms. The SMILES string of the molecule is CC(=O)OC[C@H]1O[C@H](OC[C@H]2O[C@H](F)[C@H](OC(C)=O)[C@@H](OC(C)=O)[C@@H]2OC(C)=O)[C@H](OC(C)=O)[C@@H](OC(C)=O)[C@@H]1OC(C)=O. The zero-order chi connectivity index (χ0) is 33.3. The van der Waals surface area contributed by atoms with Crippen LogP contribution in [0.15, 0.2) is 0 Å². The fourth-order valence-electron chi connectivity index (χ4n) is 4.49. The lowest BCUT2D eigenvalue weighted by Gasteiger charge is -2.45. The smallest absolute Gasteiger partial charge is 0.303 e. The van der Waals surface area contributed by atoms with Crippen LogP contribution in [0.2, 0.25) is 0 Å². The first kappa shape index (κ1) is 36.3. The van der Waals surface area contributed by atoms with E-state index in [2.05, 4.69) is 0 Å². The van der Waals surface area contributed by atoms with Gasteiger partial charge in [0.2, 0.25) is 6.36 Å². The van der Waals surface area contributed by atoms with Gasteiger partial charge in [0.1, 0.15) is 18.8 Å². The Bertz CT molecular complexity index is 1090. The third-order valence-electron chi connectivity index (χ3n) is 5.86. The summed E-state index contributed by atoms with van der Waals surface area (Å²) in [5.41, 5.74) is 0. The minimum absolute atomic E-state index is 0.543. The first-order valence-electron chi connectivity index (χ1n) is 13.2. The third kappa shape index (κ3) is 10.7. The van der Waals surface area contributed by atoms with Gasteiger partial charge in [0.25, 0.3) is 0 Å². The summed E-state index contributed by atoms with van der Waals surface area (Å²) >= 11 is 0. The summed E-state index contributed by atoms with van der Waals surface area (Å²) in [5.74, 6) is -6.18. The highest BCUT2D eigenvalue weighted by Gasteiger charge is 2.55. The average Bonchev–Trinajstić information content (AvgIpc) is 2.87. The molecule has 0 amide bonds. The van der Waals surface area contributed by atoms with E-state index >= 15 is 4.39 Å². The van der Waals surface area contributed by atoms with Crippen molar-refractivity contribution in [3.63, 3.8) is 0 Å². The molecule has 2 saturated heterocycles. The number of halogens is 1. The van der Waals surface area contributed by atoms with Crippen LogP contribution in [0.3, 0.4) is 0 Å². The van der Waals surface area contributed by atoms with Crippen molar-refractivity contribution in [3.8, 4) is 0 Å². The summed E-state index contributed by atoms with van der Waals surface area (Å²) in [6, 6.07) is 0. The molecule has 0 aliphatic carbocycles. The predicted molar refractivity (Wildman–Crippen MR) is 134 cm³/mol. The molecule has 0 saturated carbocycles. The summed E-state index contributed by atoms with van der Waals surface area (Å²) in [6.45, 7) is 5.87. The van der Waals surface area contributed by atoms with E-state index in [0.29, 0.717) is 0 Å². The second kappa shape index (κ2) is 16.2. The van der Waals surface area contributed by atoms with Gasteiger partial charge in [-0.15, -0.1) is 0 Å². The molecule has 0 radical (unpaired) electrons. The Morgan fingerprint density at radius 1 is 0.477 bits per heavy atom. The van der Waals surface area contributed by atoms with Crippen LogP contribution in [0.5, 0.6) is 0 Å². The Morgan fingerprint density at radius 3 is 1.27 bits per heavy atom. The zero-order valence-electron chi connectivity index (χ0n) is 25.0. The molecule has 0 aromatic carbocycles. The van der Waals surface area contributed by atoms with E-state index in [9.17, 15) is 33.6 Å². The molecule has 2 heterocycles. The molecular formula is C26H35FO17. The largest absolute Gasteiger partial charge is 0.463 e. The van der Waals surface area contributed by atoms with Gasteiger partial charge in [-0.1, -0.05) is 0 Å². The lowest BCUT2D eigenvalue weighted by atomic mass is 9.97. The lowest BCUT2D eigenvalue weighted by Crippen LogP contribution is -2.64. The molecule has 0 N–H and O–H groups in total. The first-order valence-corrected chi connectivity index (χ1v) is 13.2. The predicted octanol–water partition coefficient (Wildman–Crippen LogP) is -0.424. The van der Waals surface area contributed by atoms with Crippen LogP contribution in [0.25, 0.3) is 0 Å². The van der Waals surface area contributed by atoms with Gasteiger partial charge < -0.3 is 47.4 Å². The molecule has 2 aliphatic rings. The van der Waals surface area contributed by atoms with Gasteiger partial charge in [-0.2, -0.15) is 0 Å². The molecule has 0 bridgehead atoms. The Balaban J connectivity index is 2.48. The lowest BCUT2D eigenvalue weighted by molar-refractivity contribution is -0.324. The number of hydrogen-bond acceptors (Lipinski definition) is 17. The Labute approximate surface area is 250 Å². The summed E-state index contributed by atoms with van der Waals surface area (Å²) in [7, 11) is 0. The molecule has 10 atom stereocenters. The number of alkyl halides is 1. The summed E-state index contributed by atoms with van der Waals surface area (Å²) < 4.78 is 68.2. The molecule has 248 valence electrons. The summed E-state index contributed by atoms with van der Waals surface area (Å²) in [6.07, 6.45) is -16.8. The molecule has 2 fully saturated rings. The van der Waals surface area contributed by atoms with E-state index < -0.39 is 116 Å². The van der Waals surface area contributed by atoms with E-state index in [0.717, 1.165) is 48.5 Å². The maximum atomic E-state index is 15.2. The molecular weight excluding hydrogens is 603 g/mol. The molecule has 0 aromatic heterocycles. The van der Waals surface area contributed by atoms with E-state index in [1.54, 1.807) is 0 Å². The fourth-order valence-corrected chi connectivity index (χ4v) is 4.49. The number of carbonyl (C=O) groups is 7. The average molecular weight is 639 g/mol. The normalized spacial score (nSPS) is 31.5. The minimum Gasteiger partial charge on any atom is -0.463 e. The molecule has 2 aliphatic heterocycles. The minimum atomic E-state index is -2.40. The van der Waals surface area contributed by atoms with Gasteiger partial charge in [0.05, 0.1) is 6.61 Å². The summed E-state index contributed by atoms with van der Waals surface area (Å²) in [5, 5.41) is 0. The van der Waals surface area contributed by atoms with Crippen molar-refractivity contribution in [2.45, 2.75) is 110 Å². The number of ether oxygens (including phenoxy) is 10. The highest BCUT2D eigenvalue weighted by atomic mass is 19.1. The maximum Gasteiger partial charge on any atom is 0.303 e. The first-order chi connectivity index (χ1) is 20.5. The van der Waals surface area contributed by atoms with Crippen molar-refractivity contribution in [2.24, 2.45) is 0 Å². The Hall–Kier alpha value is -3.90. The van der Waals surface area contributed by atoms with E-state index in [-0.39, 0.29) is 0 Å².